The zero-order valence-corrected chi connectivity index (χ0v) is 6.78. The van der Waals surface area contributed by atoms with Gasteiger partial charge < -0.3 is 11.1 Å². The highest BCUT2D eigenvalue weighted by atomic mass is 14.8. The Morgan fingerprint density at radius 2 is 2.20 bits per heavy atom. The lowest BCUT2D eigenvalue weighted by molar-refractivity contribution is 0.822. The Bertz CT molecular complexity index is 136. The van der Waals surface area contributed by atoms with Crippen LogP contribution in [0.25, 0.3) is 0 Å². The molecule has 2 heteroatoms. The van der Waals surface area contributed by atoms with Crippen LogP contribution in [0, 0.1) is 0 Å². The second-order valence-corrected chi connectivity index (χ2v) is 2.22. The first-order valence-electron chi connectivity index (χ1n) is 3.47. The van der Waals surface area contributed by atoms with Gasteiger partial charge >= 0.3 is 0 Å². The molecule has 0 radical (unpaired) electrons. The van der Waals surface area contributed by atoms with E-state index in [4.69, 9.17) is 5.73 Å². The van der Waals surface area contributed by atoms with Crippen molar-refractivity contribution in [1.82, 2.24) is 5.32 Å². The SMILES string of the molecule is C=C(N)CC/C(=C\C)NC. The Hall–Kier alpha value is -0.920. The zero-order chi connectivity index (χ0) is 7.98. The van der Waals surface area contributed by atoms with Crippen molar-refractivity contribution < 1.29 is 0 Å². The van der Waals surface area contributed by atoms with Gasteiger partial charge in [0.05, 0.1) is 0 Å². The second-order valence-electron chi connectivity index (χ2n) is 2.22. The van der Waals surface area contributed by atoms with Crippen molar-refractivity contribution in [2.75, 3.05) is 7.05 Å². The lowest BCUT2D eigenvalue weighted by Crippen LogP contribution is -2.06. The van der Waals surface area contributed by atoms with Crippen LogP contribution in [-0.2, 0) is 0 Å². The molecule has 0 unspecified atom stereocenters. The highest BCUT2D eigenvalue weighted by molar-refractivity contribution is 5.00. The molecule has 0 saturated carbocycles. The third-order valence-corrected chi connectivity index (χ3v) is 1.39. The van der Waals surface area contributed by atoms with Gasteiger partial charge in [-0.15, -0.1) is 0 Å². The van der Waals surface area contributed by atoms with Crippen LogP contribution in [0.4, 0.5) is 0 Å². The lowest BCUT2D eigenvalue weighted by atomic mass is 10.2. The average Bonchev–Trinajstić information content (AvgIpc) is 1.90. The van der Waals surface area contributed by atoms with Crippen molar-refractivity contribution >= 4 is 0 Å². The van der Waals surface area contributed by atoms with Crippen molar-refractivity contribution in [3.05, 3.63) is 24.0 Å². The minimum atomic E-state index is 0.745. The van der Waals surface area contributed by atoms with E-state index >= 15 is 0 Å². The first kappa shape index (κ1) is 9.08. The standard InChI is InChI=1S/C8H16N2/c1-4-8(10-3)6-5-7(2)9/h4,10H,2,5-6,9H2,1,3H3/b8-4+. The van der Waals surface area contributed by atoms with E-state index < -0.39 is 0 Å². The van der Waals surface area contributed by atoms with Gasteiger partial charge in [-0.25, -0.2) is 0 Å². The normalized spacial score (nSPS) is 11.2. The van der Waals surface area contributed by atoms with Crippen LogP contribution in [0.2, 0.25) is 0 Å². The molecule has 0 atom stereocenters. The molecule has 10 heavy (non-hydrogen) atoms. The van der Waals surface area contributed by atoms with Gasteiger partial charge in [-0.05, 0) is 19.8 Å². The van der Waals surface area contributed by atoms with Crippen molar-refractivity contribution in [3.8, 4) is 0 Å². The Kier molecular flexibility index (Phi) is 4.46. The molecule has 0 aromatic rings. The Balaban J connectivity index is 3.56. The minimum absolute atomic E-state index is 0.745. The van der Waals surface area contributed by atoms with Crippen LogP contribution in [0.5, 0.6) is 0 Å². The summed E-state index contributed by atoms with van der Waals surface area (Å²) in [7, 11) is 1.91. The zero-order valence-electron chi connectivity index (χ0n) is 6.78. The monoisotopic (exact) mass is 140 g/mol. The fourth-order valence-electron chi connectivity index (χ4n) is 0.709. The highest BCUT2D eigenvalue weighted by Crippen LogP contribution is 2.02. The summed E-state index contributed by atoms with van der Waals surface area (Å²) in [5.74, 6) is 0. The van der Waals surface area contributed by atoms with E-state index in [9.17, 15) is 0 Å². The van der Waals surface area contributed by atoms with E-state index in [1.165, 1.54) is 5.70 Å². The van der Waals surface area contributed by atoms with E-state index in [1.54, 1.807) is 0 Å². The number of hydrogen-bond donors (Lipinski definition) is 2. The molecule has 0 heterocycles. The van der Waals surface area contributed by atoms with Gasteiger partial charge in [-0.3, -0.25) is 0 Å². The Labute approximate surface area is 62.8 Å². The van der Waals surface area contributed by atoms with E-state index in [0.29, 0.717) is 0 Å². The summed E-state index contributed by atoms with van der Waals surface area (Å²) in [4.78, 5) is 0. The van der Waals surface area contributed by atoms with Crippen LogP contribution in [0.3, 0.4) is 0 Å². The molecule has 0 bridgehead atoms. The smallest absolute Gasteiger partial charge is 0.00646 e. The van der Waals surface area contributed by atoms with Gasteiger partial charge in [-0.1, -0.05) is 12.7 Å². The molecule has 0 aromatic carbocycles. The van der Waals surface area contributed by atoms with Crippen molar-refractivity contribution in [2.45, 2.75) is 19.8 Å². The number of allylic oxidation sites excluding steroid dienone is 3. The van der Waals surface area contributed by atoms with E-state index in [1.807, 2.05) is 20.0 Å². The first-order valence-corrected chi connectivity index (χ1v) is 3.47. The fourth-order valence-corrected chi connectivity index (χ4v) is 0.709. The van der Waals surface area contributed by atoms with E-state index in [0.717, 1.165) is 18.5 Å². The molecule has 0 fully saturated rings. The molecular formula is C8H16N2. The number of nitrogens with two attached hydrogens (primary N) is 1. The maximum atomic E-state index is 5.40. The molecule has 0 amide bonds. The molecule has 0 rings (SSSR count). The molecule has 0 spiro atoms. The van der Waals surface area contributed by atoms with Gasteiger partial charge in [0.2, 0.25) is 0 Å². The van der Waals surface area contributed by atoms with Crippen LogP contribution < -0.4 is 11.1 Å². The summed E-state index contributed by atoms with van der Waals surface area (Å²) in [5.41, 5.74) is 7.36. The Morgan fingerprint density at radius 1 is 1.60 bits per heavy atom. The molecule has 0 aromatic heterocycles. The van der Waals surface area contributed by atoms with Crippen LogP contribution in [-0.4, -0.2) is 7.05 Å². The Morgan fingerprint density at radius 3 is 2.50 bits per heavy atom. The van der Waals surface area contributed by atoms with Crippen molar-refractivity contribution in [3.63, 3.8) is 0 Å². The highest BCUT2D eigenvalue weighted by Gasteiger charge is 1.91. The molecule has 0 aliphatic rings. The summed E-state index contributed by atoms with van der Waals surface area (Å²) in [6, 6.07) is 0. The first-order chi connectivity index (χ1) is 4.70. The molecule has 0 aliphatic carbocycles. The molecule has 0 saturated heterocycles. The van der Waals surface area contributed by atoms with Crippen molar-refractivity contribution in [2.24, 2.45) is 5.73 Å². The summed E-state index contributed by atoms with van der Waals surface area (Å²) in [6.45, 7) is 5.62. The molecule has 2 nitrogen and oxygen atoms in total. The van der Waals surface area contributed by atoms with E-state index in [2.05, 4.69) is 11.9 Å². The molecule has 3 N–H and O–H groups in total. The summed E-state index contributed by atoms with van der Waals surface area (Å²) < 4.78 is 0. The topological polar surface area (TPSA) is 38.0 Å². The largest absolute Gasteiger partial charge is 0.403 e. The predicted molar refractivity (Wildman–Crippen MR) is 45.4 cm³/mol. The minimum Gasteiger partial charge on any atom is -0.403 e. The molecular weight excluding hydrogens is 124 g/mol. The van der Waals surface area contributed by atoms with Crippen molar-refractivity contribution in [1.29, 1.82) is 0 Å². The third kappa shape index (κ3) is 4.01. The van der Waals surface area contributed by atoms with Crippen LogP contribution in [0.1, 0.15) is 19.8 Å². The lowest BCUT2D eigenvalue weighted by Gasteiger charge is -2.04. The quantitative estimate of drug-likeness (QED) is 0.618. The fraction of sp³-hybridized carbons (Fsp3) is 0.500. The molecule has 0 aliphatic heterocycles. The number of hydrogen-bond acceptors (Lipinski definition) is 2. The second kappa shape index (κ2) is 4.91. The summed E-state index contributed by atoms with van der Waals surface area (Å²) in [5, 5.41) is 3.07. The van der Waals surface area contributed by atoms with Gasteiger partial charge in [0.1, 0.15) is 0 Å². The van der Waals surface area contributed by atoms with Gasteiger partial charge in [0.15, 0.2) is 0 Å². The third-order valence-electron chi connectivity index (χ3n) is 1.39. The van der Waals surface area contributed by atoms with Crippen LogP contribution >= 0.6 is 0 Å². The van der Waals surface area contributed by atoms with Crippen LogP contribution in [0.15, 0.2) is 24.0 Å². The van der Waals surface area contributed by atoms with E-state index in [-0.39, 0.29) is 0 Å². The van der Waals surface area contributed by atoms with Gasteiger partial charge in [-0.2, -0.15) is 0 Å². The van der Waals surface area contributed by atoms with Gasteiger partial charge in [0.25, 0.3) is 0 Å². The summed E-state index contributed by atoms with van der Waals surface area (Å²) >= 11 is 0. The maximum absolute atomic E-state index is 5.40. The molecule has 58 valence electrons. The summed E-state index contributed by atoms with van der Waals surface area (Å²) in [6.07, 6.45) is 3.87. The number of rotatable bonds is 4. The van der Waals surface area contributed by atoms with Gasteiger partial charge in [0, 0.05) is 18.4 Å². The predicted octanol–water partition coefficient (Wildman–Crippen LogP) is 1.36. The maximum Gasteiger partial charge on any atom is 0.00646 e. The average molecular weight is 140 g/mol. The number of nitrogens with one attached hydrogen (secondary N) is 1.